The minimum atomic E-state index is 0.260. The minimum absolute atomic E-state index is 0.260. The molecule has 0 amide bonds. The molecule has 1 unspecified atom stereocenters. The smallest absolute Gasteiger partial charge is 0.0306 e. The number of hydrogen-bond donors (Lipinski definition) is 1. The lowest BCUT2D eigenvalue weighted by Gasteiger charge is -2.16. The van der Waals surface area contributed by atoms with Crippen molar-refractivity contribution in [3.05, 3.63) is 43.3 Å². The van der Waals surface area contributed by atoms with Gasteiger partial charge in [0.15, 0.2) is 0 Å². The molecule has 0 aliphatic carbocycles. The second kappa shape index (κ2) is 6.00. The van der Waals surface area contributed by atoms with Crippen LogP contribution in [0.25, 0.3) is 0 Å². The van der Waals surface area contributed by atoms with Crippen LogP contribution in [0.15, 0.2) is 18.2 Å². The van der Waals surface area contributed by atoms with Crippen LogP contribution in [0.3, 0.4) is 0 Å². The van der Waals surface area contributed by atoms with E-state index < -0.39 is 0 Å². The number of rotatable bonds is 4. The molecule has 1 atom stereocenters. The second-order valence-corrected chi connectivity index (χ2v) is 9.12. The van der Waals surface area contributed by atoms with E-state index in [1.807, 2.05) is 22.7 Å². The van der Waals surface area contributed by atoms with E-state index >= 15 is 0 Å². The van der Waals surface area contributed by atoms with E-state index in [0.29, 0.717) is 6.04 Å². The molecule has 1 nitrogen and oxygen atoms in total. The Morgan fingerprint density at radius 3 is 2.35 bits per heavy atom. The maximum Gasteiger partial charge on any atom is 0.0306 e. The van der Waals surface area contributed by atoms with Crippen molar-refractivity contribution in [3.8, 4) is 0 Å². The van der Waals surface area contributed by atoms with Crippen molar-refractivity contribution in [2.75, 3.05) is 0 Å². The molecule has 3 heteroatoms. The highest BCUT2D eigenvalue weighted by Crippen LogP contribution is 2.30. The van der Waals surface area contributed by atoms with Crippen molar-refractivity contribution in [2.45, 2.75) is 59.5 Å². The maximum absolute atomic E-state index is 3.65. The van der Waals surface area contributed by atoms with Gasteiger partial charge in [0, 0.05) is 32.1 Å². The first kappa shape index (κ1) is 15.7. The molecule has 0 aliphatic rings. The summed E-state index contributed by atoms with van der Waals surface area (Å²) < 4.78 is 0. The Balaban J connectivity index is 1.98. The monoisotopic (exact) mass is 307 g/mol. The van der Waals surface area contributed by atoms with Crippen molar-refractivity contribution in [3.63, 3.8) is 0 Å². The Morgan fingerprint density at radius 1 is 1.15 bits per heavy atom. The first-order valence-electron chi connectivity index (χ1n) is 7.17. The summed E-state index contributed by atoms with van der Waals surface area (Å²) in [6.45, 7) is 14.4. The molecule has 0 saturated carbocycles. The highest BCUT2D eigenvalue weighted by molar-refractivity contribution is 7.12. The van der Waals surface area contributed by atoms with Crippen LogP contribution < -0.4 is 5.32 Å². The third kappa shape index (κ3) is 3.72. The van der Waals surface area contributed by atoms with E-state index in [1.165, 1.54) is 25.1 Å². The minimum Gasteiger partial charge on any atom is -0.305 e. The summed E-state index contributed by atoms with van der Waals surface area (Å²) in [6, 6.07) is 7.26. The lowest BCUT2D eigenvalue weighted by Crippen LogP contribution is -2.17. The lowest BCUT2D eigenvalue weighted by atomic mass is 9.95. The fourth-order valence-corrected chi connectivity index (χ4v) is 4.36. The summed E-state index contributed by atoms with van der Waals surface area (Å²) in [7, 11) is 0. The highest BCUT2D eigenvalue weighted by atomic mass is 32.1. The molecule has 0 fully saturated rings. The van der Waals surface area contributed by atoms with Crippen molar-refractivity contribution in [1.82, 2.24) is 5.32 Å². The van der Waals surface area contributed by atoms with Gasteiger partial charge in [-0.25, -0.2) is 0 Å². The first-order valence-corrected chi connectivity index (χ1v) is 8.80. The first-order chi connectivity index (χ1) is 9.27. The van der Waals surface area contributed by atoms with Gasteiger partial charge in [0.05, 0.1) is 0 Å². The fraction of sp³-hybridized carbons (Fsp3) is 0.529. The van der Waals surface area contributed by atoms with E-state index in [-0.39, 0.29) is 5.41 Å². The third-order valence-corrected chi connectivity index (χ3v) is 6.02. The molecule has 2 aromatic rings. The molecule has 2 rings (SSSR count). The Kier molecular flexibility index (Phi) is 4.73. The second-order valence-electron chi connectivity index (χ2n) is 6.49. The van der Waals surface area contributed by atoms with Crippen LogP contribution in [0.2, 0.25) is 0 Å². The molecule has 110 valence electrons. The molecule has 2 aromatic heterocycles. The largest absolute Gasteiger partial charge is 0.305 e. The van der Waals surface area contributed by atoms with Gasteiger partial charge in [-0.3, -0.25) is 0 Å². The number of hydrogen-bond acceptors (Lipinski definition) is 3. The lowest BCUT2D eigenvalue weighted by molar-refractivity contribution is 0.578. The summed E-state index contributed by atoms with van der Waals surface area (Å²) >= 11 is 3.82. The zero-order valence-electron chi connectivity index (χ0n) is 13.3. The van der Waals surface area contributed by atoms with Crippen LogP contribution in [0.4, 0.5) is 0 Å². The molecular weight excluding hydrogens is 282 g/mol. The fourth-order valence-electron chi connectivity index (χ4n) is 2.32. The molecule has 2 heterocycles. The third-order valence-electron chi connectivity index (χ3n) is 3.53. The van der Waals surface area contributed by atoms with Crippen LogP contribution in [-0.4, -0.2) is 0 Å². The Bertz CT molecular complexity index is 572. The zero-order valence-corrected chi connectivity index (χ0v) is 15.0. The van der Waals surface area contributed by atoms with E-state index in [4.69, 9.17) is 0 Å². The number of nitrogens with one attached hydrogen (secondary N) is 1. The van der Waals surface area contributed by atoms with Crippen LogP contribution in [0.1, 0.15) is 58.8 Å². The van der Waals surface area contributed by atoms with Crippen molar-refractivity contribution in [1.29, 1.82) is 0 Å². The van der Waals surface area contributed by atoms with Gasteiger partial charge >= 0.3 is 0 Å². The van der Waals surface area contributed by atoms with Crippen LogP contribution in [-0.2, 0) is 12.0 Å². The summed E-state index contributed by atoms with van der Waals surface area (Å²) in [5.74, 6) is 0. The van der Waals surface area contributed by atoms with Gasteiger partial charge in [-0.1, -0.05) is 20.8 Å². The molecule has 0 saturated heterocycles. The van der Waals surface area contributed by atoms with E-state index in [0.717, 1.165) is 6.54 Å². The Labute approximate surface area is 131 Å². The summed E-state index contributed by atoms with van der Waals surface area (Å²) in [4.78, 5) is 5.72. The van der Waals surface area contributed by atoms with Crippen molar-refractivity contribution < 1.29 is 0 Å². The Morgan fingerprint density at radius 2 is 1.85 bits per heavy atom. The van der Waals surface area contributed by atoms with Gasteiger partial charge in [0.1, 0.15) is 0 Å². The van der Waals surface area contributed by atoms with E-state index in [9.17, 15) is 0 Å². The van der Waals surface area contributed by atoms with Crippen LogP contribution >= 0.6 is 22.7 Å². The summed E-state index contributed by atoms with van der Waals surface area (Å²) in [5, 5.41) is 3.65. The van der Waals surface area contributed by atoms with Gasteiger partial charge in [-0.05, 0) is 49.9 Å². The molecule has 0 aromatic carbocycles. The number of thiophene rings is 2. The van der Waals surface area contributed by atoms with Crippen LogP contribution in [0, 0.1) is 13.8 Å². The van der Waals surface area contributed by atoms with E-state index in [2.05, 4.69) is 65.1 Å². The zero-order chi connectivity index (χ0) is 14.9. The molecule has 0 aliphatic heterocycles. The molecule has 0 spiro atoms. The van der Waals surface area contributed by atoms with Gasteiger partial charge in [0.25, 0.3) is 0 Å². The van der Waals surface area contributed by atoms with Crippen molar-refractivity contribution in [2.24, 2.45) is 0 Å². The highest BCUT2D eigenvalue weighted by Gasteiger charge is 2.16. The van der Waals surface area contributed by atoms with Gasteiger partial charge < -0.3 is 5.32 Å². The quantitative estimate of drug-likeness (QED) is 0.778. The SMILES string of the molecule is Cc1cc(C(C)NCc2ccc(C(C)(C)C)s2)c(C)s1. The molecule has 0 radical (unpaired) electrons. The van der Waals surface area contributed by atoms with Gasteiger partial charge in [-0.15, -0.1) is 22.7 Å². The maximum atomic E-state index is 3.65. The predicted octanol–water partition coefficient (Wildman–Crippen LogP) is 5.57. The van der Waals surface area contributed by atoms with Crippen molar-refractivity contribution >= 4 is 22.7 Å². The van der Waals surface area contributed by atoms with Gasteiger partial charge in [0.2, 0.25) is 0 Å². The standard InChI is InChI=1S/C17H25NS2/c1-11-9-15(13(3)19-11)12(2)18-10-14-7-8-16(20-14)17(4,5)6/h7-9,12,18H,10H2,1-6H3. The average Bonchev–Trinajstić information content (AvgIpc) is 2.92. The average molecular weight is 308 g/mol. The molecule has 20 heavy (non-hydrogen) atoms. The summed E-state index contributed by atoms with van der Waals surface area (Å²) in [5.41, 5.74) is 1.70. The van der Waals surface area contributed by atoms with Gasteiger partial charge in [-0.2, -0.15) is 0 Å². The molecule has 0 bridgehead atoms. The van der Waals surface area contributed by atoms with Crippen LogP contribution in [0.5, 0.6) is 0 Å². The topological polar surface area (TPSA) is 12.0 Å². The number of aryl methyl sites for hydroxylation is 2. The predicted molar refractivity (Wildman–Crippen MR) is 92.1 cm³/mol. The molecular formula is C17H25NS2. The summed E-state index contributed by atoms with van der Waals surface area (Å²) in [6.07, 6.45) is 0. The normalized spacial score (nSPS) is 13.7. The Hall–Kier alpha value is -0.640. The van der Waals surface area contributed by atoms with E-state index in [1.54, 1.807) is 0 Å². The molecule has 1 N–H and O–H groups in total.